The quantitative estimate of drug-likeness (QED) is 0.757. The summed E-state index contributed by atoms with van der Waals surface area (Å²) in [5, 5.41) is 3.34. The van der Waals surface area contributed by atoms with Gasteiger partial charge in [-0.3, -0.25) is 4.79 Å². The van der Waals surface area contributed by atoms with Gasteiger partial charge in [-0.25, -0.2) is 0 Å². The first kappa shape index (κ1) is 15.4. The number of nitrogens with zero attached hydrogens (tertiary/aromatic N) is 1. The molecule has 0 saturated heterocycles. The van der Waals surface area contributed by atoms with Crippen molar-refractivity contribution < 1.29 is 4.79 Å². The van der Waals surface area contributed by atoms with Crippen molar-refractivity contribution in [3.63, 3.8) is 0 Å². The molecule has 0 aromatic carbocycles. The van der Waals surface area contributed by atoms with Crippen LogP contribution in [0.1, 0.15) is 54.4 Å². The predicted octanol–water partition coefficient (Wildman–Crippen LogP) is 2.41. The molecule has 0 bridgehead atoms. The van der Waals surface area contributed by atoms with E-state index in [-0.39, 0.29) is 11.4 Å². The van der Waals surface area contributed by atoms with Crippen molar-refractivity contribution in [1.29, 1.82) is 0 Å². The van der Waals surface area contributed by atoms with Gasteiger partial charge in [0.25, 0.3) is 0 Å². The monoisotopic (exact) mass is 228 g/mol. The van der Waals surface area contributed by atoms with Crippen LogP contribution in [-0.4, -0.2) is 35.5 Å². The van der Waals surface area contributed by atoms with Gasteiger partial charge in [-0.2, -0.15) is 0 Å². The third-order valence-corrected chi connectivity index (χ3v) is 2.78. The second-order valence-corrected chi connectivity index (χ2v) is 5.36. The fraction of sp³-hybridized carbons (Fsp3) is 0.923. The summed E-state index contributed by atoms with van der Waals surface area (Å²) in [6.07, 6.45) is 1.61. The lowest BCUT2D eigenvalue weighted by atomic mass is 10.1. The standard InChI is InChI=1S/C13H28N2O/c1-7-11(3)15(8-2)12(16)9-10-14-13(4,5)6/h11,14H,7-10H2,1-6H3. The highest BCUT2D eigenvalue weighted by Crippen LogP contribution is 2.06. The molecule has 0 aliphatic rings. The van der Waals surface area contributed by atoms with E-state index in [0.29, 0.717) is 12.5 Å². The molecule has 16 heavy (non-hydrogen) atoms. The summed E-state index contributed by atoms with van der Waals surface area (Å²) in [4.78, 5) is 13.9. The highest BCUT2D eigenvalue weighted by Gasteiger charge is 2.17. The molecule has 1 amide bonds. The maximum atomic E-state index is 11.9. The summed E-state index contributed by atoms with van der Waals surface area (Å²) in [6, 6.07) is 0.354. The van der Waals surface area contributed by atoms with Gasteiger partial charge in [0.2, 0.25) is 5.91 Å². The molecule has 0 saturated carbocycles. The van der Waals surface area contributed by atoms with Crippen LogP contribution in [0.3, 0.4) is 0 Å². The summed E-state index contributed by atoms with van der Waals surface area (Å²) in [6.45, 7) is 14.2. The van der Waals surface area contributed by atoms with Gasteiger partial charge in [-0.05, 0) is 41.0 Å². The van der Waals surface area contributed by atoms with E-state index in [0.717, 1.165) is 19.5 Å². The van der Waals surface area contributed by atoms with E-state index in [2.05, 4.69) is 39.9 Å². The molecule has 0 fully saturated rings. The minimum absolute atomic E-state index is 0.0910. The van der Waals surface area contributed by atoms with Gasteiger partial charge >= 0.3 is 0 Å². The van der Waals surface area contributed by atoms with E-state index >= 15 is 0 Å². The summed E-state index contributed by atoms with van der Waals surface area (Å²) in [7, 11) is 0. The Hall–Kier alpha value is -0.570. The Morgan fingerprint density at radius 1 is 1.31 bits per heavy atom. The second-order valence-electron chi connectivity index (χ2n) is 5.36. The lowest BCUT2D eigenvalue weighted by molar-refractivity contribution is -0.132. The van der Waals surface area contributed by atoms with Crippen molar-refractivity contribution >= 4 is 5.91 Å². The molecule has 0 radical (unpaired) electrons. The van der Waals surface area contributed by atoms with Crippen LogP contribution in [0.15, 0.2) is 0 Å². The molecular formula is C13H28N2O. The van der Waals surface area contributed by atoms with Crippen LogP contribution in [0, 0.1) is 0 Å². The van der Waals surface area contributed by atoms with Crippen molar-refractivity contribution in [3.8, 4) is 0 Å². The summed E-state index contributed by atoms with van der Waals surface area (Å²) in [5.74, 6) is 0.258. The van der Waals surface area contributed by atoms with E-state index in [9.17, 15) is 4.79 Å². The normalized spacial score (nSPS) is 13.6. The number of amides is 1. The largest absolute Gasteiger partial charge is 0.340 e. The molecule has 0 heterocycles. The minimum atomic E-state index is 0.0910. The van der Waals surface area contributed by atoms with Crippen LogP contribution in [0.5, 0.6) is 0 Å². The van der Waals surface area contributed by atoms with E-state index in [1.165, 1.54) is 0 Å². The molecule has 3 nitrogen and oxygen atoms in total. The molecule has 0 rings (SSSR count). The zero-order valence-electron chi connectivity index (χ0n) is 11.8. The van der Waals surface area contributed by atoms with E-state index < -0.39 is 0 Å². The zero-order chi connectivity index (χ0) is 12.8. The van der Waals surface area contributed by atoms with Crippen molar-refractivity contribution in [1.82, 2.24) is 10.2 Å². The van der Waals surface area contributed by atoms with Crippen molar-refractivity contribution in [2.24, 2.45) is 0 Å². The number of carbonyl (C=O) groups excluding carboxylic acids is 1. The fourth-order valence-corrected chi connectivity index (χ4v) is 1.64. The first-order chi connectivity index (χ1) is 7.31. The van der Waals surface area contributed by atoms with E-state index in [4.69, 9.17) is 0 Å². The van der Waals surface area contributed by atoms with Crippen LogP contribution < -0.4 is 5.32 Å². The Morgan fingerprint density at radius 2 is 1.88 bits per heavy atom. The topological polar surface area (TPSA) is 32.3 Å². The number of hydrogen-bond acceptors (Lipinski definition) is 2. The molecule has 0 aromatic rings. The highest BCUT2D eigenvalue weighted by atomic mass is 16.2. The third-order valence-electron chi connectivity index (χ3n) is 2.78. The average Bonchev–Trinajstić information content (AvgIpc) is 2.16. The molecule has 0 aliphatic carbocycles. The van der Waals surface area contributed by atoms with Crippen LogP contribution in [0.4, 0.5) is 0 Å². The molecule has 1 atom stereocenters. The molecular weight excluding hydrogens is 200 g/mol. The third kappa shape index (κ3) is 6.11. The predicted molar refractivity (Wildman–Crippen MR) is 69.5 cm³/mol. The molecule has 0 aromatic heterocycles. The summed E-state index contributed by atoms with van der Waals surface area (Å²) >= 11 is 0. The summed E-state index contributed by atoms with van der Waals surface area (Å²) < 4.78 is 0. The van der Waals surface area contributed by atoms with Gasteiger partial charge in [-0.15, -0.1) is 0 Å². The molecule has 1 N–H and O–H groups in total. The maximum absolute atomic E-state index is 11.9. The number of nitrogens with one attached hydrogen (secondary N) is 1. The van der Waals surface area contributed by atoms with Crippen LogP contribution >= 0.6 is 0 Å². The molecule has 0 spiro atoms. The van der Waals surface area contributed by atoms with Crippen LogP contribution in [0.2, 0.25) is 0 Å². The molecule has 0 aliphatic heterocycles. The first-order valence-corrected chi connectivity index (χ1v) is 6.36. The second kappa shape index (κ2) is 6.89. The number of carbonyl (C=O) groups is 1. The number of rotatable bonds is 6. The Kier molecular flexibility index (Phi) is 6.65. The average molecular weight is 228 g/mol. The fourth-order valence-electron chi connectivity index (χ4n) is 1.64. The van der Waals surface area contributed by atoms with E-state index in [1.807, 2.05) is 11.8 Å². The van der Waals surface area contributed by atoms with Crippen LogP contribution in [-0.2, 0) is 4.79 Å². The van der Waals surface area contributed by atoms with Gasteiger partial charge in [0.15, 0.2) is 0 Å². The Balaban J connectivity index is 4.03. The SMILES string of the molecule is CCC(C)N(CC)C(=O)CCNC(C)(C)C. The van der Waals surface area contributed by atoms with Crippen molar-refractivity contribution in [2.45, 2.75) is 66.0 Å². The highest BCUT2D eigenvalue weighted by molar-refractivity contribution is 5.76. The Labute approximate surface area is 101 Å². The first-order valence-electron chi connectivity index (χ1n) is 6.36. The lowest BCUT2D eigenvalue weighted by Crippen LogP contribution is -2.42. The van der Waals surface area contributed by atoms with Gasteiger partial charge in [0.1, 0.15) is 0 Å². The zero-order valence-corrected chi connectivity index (χ0v) is 11.8. The molecule has 1 unspecified atom stereocenters. The number of hydrogen-bond donors (Lipinski definition) is 1. The Morgan fingerprint density at radius 3 is 2.25 bits per heavy atom. The Bertz CT molecular complexity index is 208. The van der Waals surface area contributed by atoms with Gasteiger partial charge in [0, 0.05) is 31.1 Å². The summed E-state index contributed by atoms with van der Waals surface area (Å²) in [5.41, 5.74) is 0.0910. The van der Waals surface area contributed by atoms with Gasteiger partial charge in [-0.1, -0.05) is 6.92 Å². The lowest BCUT2D eigenvalue weighted by Gasteiger charge is -2.28. The minimum Gasteiger partial charge on any atom is -0.340 e. The molecule has 96 valence electrons. The van der Waals surface area contributed by atoms with Crippen molar-refractivity contribution in [3.05, 3.63) is 0 Å². The van der Waals surface area contributed by atoms with E-state index in [1.54, 1.807) is 0 Å². The van der Waals surface area contributed by atoms with Crippen molar-refractivity contribution in [2.75, 3.05) is 13.1 Å². The van der Waals surface area contributed by atoms with Gasteiger partial charge in [0.05, 0.1) is 0 Å². The van der Waals surface area contributed by atoms with Crippen LogP contribution in [0.25, 0.3) is 0 Å². The smallest absolute Gasteiger partial charge is 0.224 e. The van der Waals surface area contributed by atoms with Gasteiger partial charge < -0.3 is 10.2 Å². The molecule has 3 heteroatoms. The maximum Gasteiger partial charge on any atom is 0.224 e.